The van der Waals surface area contributed by atoms with E-state index in [1.165, 1.54) is 39.2 Å². The van der Waals surface area contributed by atoms with Gasteiger partial charge in [0, 0.05) is 11.4 Å². The largest absolute Gasteiger partial charge is 0.345 e. The van der Waals surface area contributed by atoms with Crippen molar-refractivity contribution < 1.29 is 0 Å². The van der Waals surface area contributed by atoms with Crippen LogP contribution in [0.3, 0.4) is 0 Å². The fourth-order valence-corrected chi connectivity index (χ4v) is 7.62. The first kappa shape index (κ1) is 22.8. The lowest BCUT2D eigenvalue weighted by molar-refractivity contribution is 0.0616. The molecule has 0 radical (unpaired) electrons. The minimum Gasteiger partial charge on any atom is -0.345 e. The van der Waals surface area contributed by atoms with Crippen LogP contribution in [0.5, 0.6) is 0 Å². The Labute approximate surface area is 202 Å². The zero-order valence-corrected chi connectivity index (χ0v) is 23.0. The Morgan fingerprint density at radius 2 is 1.09 bits per heavy atom. The Balaban J connectivity index is 1.89. The van der Waals surface area contributed by atoms with Gasteiger partial charge in [-0.2, -0.15) is 0 Å². The molecule has 2 unspecified atom stereocenters. The predicted octanol–water partition coefficient (Wildman–Crippen LogP) is 7.66. The highest BCUT2D eigenvalue weighted by molar-refractivity contribution is 5.76. The lowest BCUT2D eigenvalue weighted by Gasteiger charge is -2.61. The molecule has 0 N–H and O–H groups in total. The number of nitrogens with zero attached hydrogens (tertiary/aromatic N) is 2. The molecule has 2 nitrogen and oxygen atoms in total. The van der Waals surface area contributed by atoms with E-state index in [1.807, 2.05) is 0 Å². The van der Waals surface area contributed by atoms with Crippen molar-refractivity contribution in [2.24, 2.45) is 10.8 Å². The van der Waals surface area contributed by atoms with Crippen LogP contribution < -0.4 is 9.80 Å². The second-order valence-electron chi connectivity index (χ2n) is 13.4. The van der Waals surface area contributed by atoms with Crippen LogP contribution in [0, 0.1) is 31.6 Å². The van der Waals surface area contributed by atoms with Gasteiger partial charge in [0.15, 0.2) is 0 Å². The molecule has 0 spiro atoms. The van der Waals surface area contributed by atoms with Crippen LogP contribution in [0.1, 0.15) is 90.1 Å². The summed E-state index contributed by atoms with van der Waals surface area (Å²) in [6.07, 6.45) is 0.310. The molecule has 3 aliphatic rings. The fraction of sp³-hybridized carbons (Fsp3) is 0.613. The number of anilines is 2. The molecule has 33 heavy (non-hydrogen) atoms. The van der Waals surface area contributed by atoms with Crippen molar-refractivity contribution in [1.29, 1.82) is 0 Å². The molecule has 5 rings (SSSR count). The van der Waals surface area contributed by atoms with Crippen molar-refractivity contribution in [2.75, 3.05) is 9.80 Å². The Morgan fingerprint density at radius 3 is 1.64 bits per heavy atom. The monoisotopic (exact) mass is 444 g/mol. The third-order valence-electron chi connectivity index (χ3n) is 11.2. The fourth-order valence-electron chi connectivity index (χ4n) is 7.62. The highest BCUT2D eigenvalue weighted by atomic mass is 15.5. The van der Waals surface area contributed by atoms with Crippen LogP contribution in [0.15, 0.2) is 30.3 Å². The van der Waals surface area contributed by atoms with Gasteiger partial charge in [-0.15, -0.1) is 0 Å². The van der Waals surface area contributed by atoms with E-state index in [2.05, 4.69) is 123 Å². The smallest absolute Gasteiger partial charge is 0.0995 e. The molecule has 3 atom stereocenters. The van der Waals surface area contributed by atoms with Crippen LogP contribution in [0.25, 0.3) is 0 Å². The van der Waals surface area contributed by atoms with E-state index in [-0.39, 0.29) is 21.7 Å². The predicted molar refractivity (Wildman–Crippen MR) is 143 cm³/mol. The van der Waals surface area contributed by atoms with Crippen molar-refractivity contribution in [2.45, 2.75) is 112 Å². The normalized spacial score (nSPS) is 29.8. The van der Waals surface area contributed by atoms with Crippen molar-refractivity contribution in [3.63, 3.8) is 0 Å². The quantitative estimate of drug-likeness (QED) is 0.411. The van der Waals surface area contributed by atoms with Gasteiger partial charge < -0.3 is 9.80 Å². The molecule has 0 saturated carbocycles. The standard InChI is InChI=1S/C31H44N2/c1-18-16-17-23-25(20(18)3)33-21(4)32-24-19(2)14-13-15-22(24)28(5,6)30(9,10)26(32)27(33)31(11,12)29(23,7)8/h13-17,21,26-27H,1-12H3/t21-,26?,27?/m1/s1. The highest BCUT2D eigenvalue weighted by Crippen LogP contribution is 2.65. The summed E-state index contributed by atoms with van der Waals surface area (Å²) in [7, 11) is 0. The lowest BCUT2D eigenvalue weighted by Crippen LogP contribution is -2.66. The van der Waals surface area contributed by atoms with Gasteiger partial charge in [0.1, 0.15) is 0 Å². The van der Waals surface area contributed by atoms with Crippen LogP contribution in [0.4, 0.5) is 11.4 Å². The van der Waals surface area contributed by atoms with Crippen molar-refractivity contribution >= 4 is 11.4 Å². The van der Waals surface area contributed by atoms with Crippen LogP contribution in [0.2, 0.25) is 0 Å². The number of rotatable bonds is 0. The molecular formula is C31H44N2. The van der Waals surface area contributed by atoms with Crippen LogP contribution in [-0.2, 0) is 10.8 Å². The minimum absolute atomic E-state index is 0.0733. The van der Waals surface area contributed by atoms with Crippen LogP contribution in [-0.4, -0.2) is 18.2 Å². The number of benzene rings is 2. The summed E-state index contributed by atoms with van der Waals surface area (Å²) in [6.45, 7) is 29.5. The third kappa shape index (κ3) is 2.41. The highest BCUT2D eigenvalue weighted by Gasteiger charge is 2.67. The molecule has 0 bridgehead atoms. The van der Waals surface area contributed by atoms with Crippen molar-refractivity contribution in [1.82, 2.24) is 0 Å². The number of aryl methyl sites for hydroxylation is 2. The maximum absolute atomic E-state index is 2.84. The second-order valence-corrected chi connectivity index (χ2v) is 13.4. The Bertz CT molecular complexity index is 1150. The topological polar surface area (TPSA) is 6.48 Å². The van der Waals surface area contributed by atoms with E-state index in [0.29, 0.717) is 18.2 Å². The Hall–Kier alpha value is -1.96. The molecule has 1 fully saturated rings. The SMILES string of the molecule is Cc1ccc2c(c1C)N1C(C3N(c4c(C)cccc4C(C)(C)C3(C)C)[C@H]1C)C(C)(C)C2(C)C. The van der Waals surface area contributed by atoms with E-state index >= 15 is 0 Å². The molecule has 2 aromatic rings. The van der Waals surface area contributed by atoms with E-state index in [0.717, 1.165) is 0 Å². The summed E-state index contributed by atoms with van der Waals surface area (Å²) in [5.41, 5.74) is 10.6. The summed E-state index contributed by atoms with van der Waals surface area (Å²) < 4.78 is 0. The average Bonchev–Trinajstić information content (AvgIpc) is 3.02. The average molecular weight is 445 g/mol. The third-order valence-corrected chi connectivity index (χ3v) is 11.2. The molecule has 0 aromatic heterocycles. The maximum atomic E-state index is 2.84. The molecule has 3 aliphatic heterocycles. The first-order valence-electron chi connectivity index (χ1n) is 12.9. The molecule has 2 heteroatoms. The van der Waals surface area contributed by atoms with E-state index < -0.39 is 0 Å². The molecule has 2 aromatic carbocycles. The molecule has 0 amide bonds. The minimum atomic E-state index is 0.0733. The summed E-state index contributed by atoms with van der Waals surface area (Å²) in [5.74, 6) is 0. The van der Waals surface area contributed by atoms with E-state index in [4.69, 9.17) is 0 Å². The summed E-state index contributed by atoms with van der Waals surface area (Å²) in [4.78, 5) is 5.67. The van der Waals surface area contributed by atoms with Crippen molar-refractivity contribution in [3.05, 3.63) is 58.1 Å². The number of hydrogen-bond acceptors (Lipinski definition) is 2. The second kappa shape index (κ2) is 6.37. The molecule has 3 heterocycles. The summed E-state index contributed by atoms with van der Waals surface area (Å²) in [6, 6.07) is 12.6. The van der Waals surface area contributed by atoms with Gasteiger partial charge in [-0.1, -0.05) is 85.7 Å². The first-order valence-corrected chi connectivity index (χ1v) is 12.9. The van der Waals surface area contributed by atoms with Gasteiger partial charge in [0.2, 0.25) is 0 Å². The Morgan fingerprint density at radius 1 is 0.606 bits per heavy atom. The number of para-hydroxylation sites is 1. The molecular weight excluding hydrogens is 400 g/mol. The number of fused-ring (bicyclic) bond motifs is 7. The summed E-state index contributed by atoms with van der Waals surface area (Å²) in [5, 5.41) is 0. The van der Waals surface area contributed by atoms with Gasteiger partial charge in [0.25, 0.3) is 0 Å². The van der Waals surface area contributed by atoms with Gasteiger partial charge >= 0.3 is 0 Å². The van der Waals surface area contributed by atoms with E-state index in [1.54, 1.807) is 0 Å². The molecule has 0 aliphatic carbocycles. The summed E-state index contributed by atoms with van der Waals surface area (Å²) >= 11 is 0. The van der Waals surface area contributed by atoms with E-state index in [9.17, 15) is 0 Å². The van der Waals surface area contributed by atoms with Gasteiger partial charge in [-0.3, -0.25) is 0 Å². The molecule has 178 valence electrons. The van der Waals surface area contributed by atoms with Crippen molar-refractivity contribution in [3.8, 4) is 0 Å². The zero-order chi connectivity index (χ0) is 24.5. The maximum Gasteiger partial charge on any atom is 0.0995 e. The Kier molecular flexibility index (Phi) is 4.41. The lowest BCUT2D eigenvalue weighted by atomic mass is 9.50. The zero-order valence-electron chi connectivity index (χ0n) is 23.0. The van der Waals surface area contributed by atoms with Gasteiger partial charge in [0.05, 0.1) is 18.2 Å². The first-order chi connectivity index (χ1) is 15.1. The number of hydrogen-bond donors (Lipinski definition) is 0. The molecule has 1 saturated heterocycles. The van der Waals surface area contributed by atoms with Crippen LogP contribution >= 0.6 is 0 Å². The van der Waals surface area contributed by atoms with Gasteiger partial charge in [-0.05, 0) is 77.2 Å². The van der Waals surface area contributed by atoms with Gasteiger partial charge in [-0.25, -0.2) is 0 Å².